The predicted molar refractivity (Wildman–Crippen MR) is 95.8 cm³/mol. The van der Waals surface area contributed by atoms with E-state index in [2.05, 4.69) is 15.4 Å². The van der Waals surface area contributed by atoms with Crippen LogP contribution in [0.2, 0.25) is 0 Å². The summed E-state index contributed by atoms with van der Waals surface area (Å²) >= 11 is 0. The molecule has 1 unspecified atom stereocenters. The van der Waals surface area contributed by atoms with Crippen LogP contribution in [-0.2, 0) is 23.9 Å². The van der Waals surface area contributed by atoms with E-state index in [9.17, 15) is 14.4 Å². The maximum atomic E-state index is 11.9. The number of ether oxygens (including phenoxy) is 3. The zero-order valence-electron chi connectivity index (χ0n) is 15.5. The highest BCUT2D eigenvalue weighted by Gasteiger charge is 2.22. The molecule has 0 spiro atoms. The summed E-state index contributed by atoms with van der Waals surface area (Å²) in [6, 6.07) is 6.08. The Morgan fingerprint density at radius 1 is 1.00 bits per heavy atom. The second kappa shape index (κ2) is 11.1. The van der Waals surface area contributed by atoms with Gasteiger partial charge in [0.25, 0.3) is 0 Å². The van der Waals surface area contributed by atoms with Crippen LogP contribution in [0.15, 0.2) is 24.3 Å². The van der Waals surface area contributed by atoms with Gasteiger partial charge in [-0.3, -0.25) is 9.59 Å². The van der Waals surface area contributed by atoms with Crippen molar-refractivity contribution in [2.45, 2.75) is 26.3 Å². The summed E-state index contributed by atoms with van der Waals surface area (Å²) in [5.41, 5.74) is 0.589. The van der Waals surface area contributed by atoms with Crippen LogP contribution < -0.4 is 15.4 Å². The summed E-state index contributed by atoms with van der Waals surface area (Å²) in [6.07, 6.45) is 0.455. The Kier molecular flexibility index (Phi) is 9.14. The van der Waals surface area contributed by atoms with Crippen molar-refractivity contribution >= 4 is 23.5 Å². The van der Waals surface area contributed by atoms with Crippen molar-refractivity contribution in [2.75, 3.05) is 32.8 Å². The molecule has 2 amide bonds. The number of hydrogen-bond acceptors (Lipinski definition) is 6. The van der Waals surface area contributed by atoms with Crippen molar-refractivity contribution in [3.63, 3.8) is 0 Å². The number of nitrogens with one attached hydrogen (secondary N) is 2. The highest BCUT2D eigenvalue weighted by molar-refractivity contribution is 5.92. The summed E-state index contributed by atoms with van der Waals surface area (Å²) in [7, 11) is 2.82. The van der Waals surface area contributed by atoms with Crippen molar-refractivity contribution in [3.8, 4) is 5.75 Å². The lowest BCUT2D eigenvalue weighted by molar-refractivity contribution is -0.146. The monoisotopic (exact) mass is 366 g/mol. The fourth-order valence-electron chi connectivity index (χ4n) is 2.17. The van der Waals surface area contributed by atoms with E-state index in [4.69, 9.17) is 9.47 Å². The van der Waals surface area contributed by atoms with E-state index in [1.807, 2.05) is 13.8 Å². The first-order chi connectivity index (χ1) is 12.3. The van der Waals surface area contributed by atoms with Crippen LogP contribution in [0.25, 0.3) is 0 Å². The molecule has 0 aliphatic rings. The third kappa shape index (κ3) is 7.98. The van der Waals surface area contributed by atoms with Crippen molar-refractivity contribution in [1.29, 1.82) is 0 Å². The fourth-order valence-corrected chi connectivity index (χ4v) is 2.17. The molecule has 0 fully saturated rings. The summed E-state index contributed by atoms with van der Waals surface area (Å²) in [4.78, 5) is 35.3. The molecule has 144 valence electrons. The van der Waals surface area contributed by atoms with Crippen LogP contribution in [0.3, 0.4) is 0 Å². The zero-order valence-corrected chi connectivity index (χ0v) is 15.5. The molecule has 0 bridgehead atoms. The molecule has 8 nitrogen and oxygen atoms in total. The number of rotatable bonds is 10. The number of hydrogen-bond donors (Lipinski definition) is 2. The average Bonchev–Trinajstić information content (AvgIpc) is 2.60. The summed E-state index contributed by atoms with van der Waals surface area (Å²) in [6.45, 7) is 3.25. The molecule has 1 atom stereocenters. The first-order valence-corrected chi connectivity index (χ1v) is 8.24. The number of carbonyl (C=O) groups excluding carboxylic acids is 3. The van der Waals surface area contributed by atoms with Crippen molar-refractivity contribution in [1.82, 2.24) is 5.32 Å². The van der Waals surface area contributed by atoms with Gasteiger partial charge in [0.1, 0.15) is 25.0 Å². The third-order valence-corrected chi connectivity index (χ3v) is 3.37. The van der Waals surface area contributed by atoms with E-state index < -0.39 is 23.8 Å². The van der Waals surface area contributed by atoms with Gasteiger partial charge in [-0.15, -0.1) is 0 Å². The van der Waals surface area contributed by atoms with E-state index in [-0.39, 0.29) is 19.1 Å². The van der Waals surface area contributed by atoms with Gasteiger partial charge in [0.15, 0.2) is 0 Å². The Balaban J connectivity index is 2.36. The van der Waals surface area contributed by atoms with Crippen LogP contribution in [0.4, 0.5) is 5.69 Å². The quantitative estimate of drug-likeness (QED) is 0.606. The van der Waals surface area contributed by atoms with E-state index in [1.165, 1.54) is 7.11 Å². The van der Waals surface area contributed by atoms with Gasteiger partial charge in [0.05, 0.1) is 14.2 Å². The Labute approximate surface area is 153 Å². The highest BCUT2D eigenvalue weighted by atomic mass is 16.5. The van der Waals surface area contributed by atoms with Crippen molar-refractivity contribution < 1.29 is 28.6 Å². The lowest BCUT2D eigenvalue weighted by Gasteiger charge is -2.18. The first-order valence-electron chi connectivity index (χ1n) is 8.24. The van der Waals surface area contributed by atoms with Gasteiger partial charge in [-0.2, -0.15) is 0 Å². The maximum absolute atomic E-state index is 11.9. The number of anilines is 1. The molecule has 0 saturated carbocycles. The van der Waals surface area contributed by atoms with Gasteiger partial charge < -0.3 is 24.8 Å². The normalized spacial score (nSPS) is 11.6. The molecule has 1 rings (SSSR count). The molecule has 0 aliphatic heterocycles. The molecule has 0 heterocycles. The van der Waals surface area contributed by atoms with Crippen LogP contribution in [0.5, 0.6) is 5.75 Å². The molecule has 8 heteroatoms. The van der Waals surface area contributed by atoms with E-state index >= 15 is 0 Å². The van der Waals surface area contributed by atoms with E-state index in [0.29, 0.717) is 17.9 Å². The van der Waals surface area contributed by atoms with Gasteiger partial charge in [-0.05, 0) is 36.6 Å². The van der Waals surface area contributed by atoms with Crippen molar-refractivity contribution in [3.05, 3.63) is 24.3 Å². The minimum atomic E-state index is -0.732. The van der Waals surface area contributed by atoms with E-state index in [1.54, 1.807) is 31.4 Å². The fraction of sp³-hybridized carbons (Fsp3) is 0.500. The lowest BCUT2D eigenvalue weighted by atomic mass is 10.0. The topological polar surface area (TPSA) is 103 Å². The molecule has 1 aromatic rings. The molecule has 26 heavy (non-hydrogen) atoms. The SMILES string of the molecule is COC(=O)C(CC(C)C)NC(=O)COCC(=O)Nc1ccc(OC)cc1. The molecule has 1 aromatic carbocycles. The third-order valence-electron chi connectivity index (χ3n) is 3.37. The molecule has 2 N–H and O–H groups in total. The first kappa shape index (κ1) is 21.4. The van der Waals surface area contributed by atoms with Crippen LogP contribution >= 0.6 is 0 Å². The largest absolute Gasteiger partial charge is 0.497 e. The molecular formula is C18H26N2O6. The van der Waals surface area contributed by atoms with Crippen LogP contribution in [-0.4, -0.2) is 51.3 Å². The number of benzene rings is 1. The smallest absolute Gasteiger partial charge is 0.328 e. The second-order valence-electron chi connectivity index (χ2n) is 6.04. The van der Waals surface area contributed by atoms with Crippen molar-refractivity contribution in [2.24, 2.45) is 5.92 Å². The average molecular weight is 366 g/mol. The standard InChI is InChI=1S/C18H26N2O6/c1-12(2)9-15(18(23)25-4)20-17(22)11-26-10-16(21)19-13-5-7-14(24-3)8-6-13/h5-8,12,15H,9-11H2,1-4H3,(H,19,21)(H,20,22). The molecular weight excluding hydrogens is 340 g/mol. The van der Waals surface area contributed by atoms with Gasteiger partial charge in [-0.25, -0.2) is 4.79 Å². The van der Waals surface area contributed by atoms with Crippen LogP contribution in [0.1, 0.15) is 20.3 Å². The van der Waals surface area contributed by atoms with Gasteiger partial charge in [0.2, 0.25) is 11.8 Å². The predicted octanol–water partition coefficient (Wildman–Crippen LogP) is 1.35. The Hall–Kier alpha value is -2.61. The summed E-state index contributed by atoms with van der Waals surface area (Å²) < 4.78 is 14.8. The minimum Gasteiger partial charge on any atom is -0.497 e. The lowest BCUT2D eigenvalue weighted by Crippen LogP contribution is -2.44. The van der Waals surface area contributed by atoms with Gasteiger partial charge >= 0.3 is 5.97 Å². The number of esters is 1. The highest BCUT2D eigenvalue weighted by Crippen LogP contribution is 2.14. The second-order valence-corrected chi connectivity index (χ2v) is 6.04. The molecule has 0 radical (unpaired) electrons. The number of methoxy groups -OCH3 is 2. The Bertz CT molecular complexity index is 600. The molecule has 0 saturated heterocycles. The zero-order chi connectivity index (χ0) is 19.5. The van der Waals surface area contributed by atoms with Crippen LogP contribution in [0, 0.1) is 5.92 Å². The Morgan fingerprint density at radius 3 is 2.15 bits per heavy atom. The van der Waals surface area contributed by atoms with Gasteiger partial charge in [0, 0.05) is 5.69 Å². The Morgan fingerprint density at radius 2 is 1.62 bits per heavy atom. The van der Waals surface area contributed by atoms with Gasteiger partial charge in [-0.1, -0.05) is 13.8 Å². The molecule has 0 aliphatic carbocycles. The number of amides is 2. The maximum Gasteiger partial charge on any atom is 0.328 e. The summed E-state index contributed by atoms with van der Waals surface area (Å²) in [5, 5.41) is 5.19. The van der Waals surface area contributed by atoms with E-state index in [0.717, 1.165) is 0 Å². The number of carbonyl (C=O) groups is 3. The minimum absolute atomic E-state index is 0.204. The summed E-state index contributed by atoms with van der Waals surface area (Å²) in [5.74, 6) is -0.509. The molecule has 0 aromatic heterocycles.